The topological polar surface area (TPSA) is 54.8 Å². The predicted molar refractivity (Wildman–Crippen MR) is 271 cm³/mol. The molecule has 0 saturated heterocycles. The van der Waals surface area contributed by atoms with E-state index in [9.17, 15) is 0 Å². The van der Waals surface area contributed by atoms with Gasteiger partial charge in [-0.25, -0.2) is 9.98 Å². The van der Waals surface area contributed by atoms with Crippen LogP contribution >= 0.6 is 0 Å². The van der Waals surface area contributed by atoms with E-state index in [2.05, 4.69) is 234 Å². The molecule has 1 aliphatic heterocycles. The van der Waals surface area contributed by atoms with Gasteiger partial charge in [0.05, 0.1) is 17.0 Å². The Morgan fingerprint density at radius 2 is 1.06 bits per heavy atom. The average Bonchev–Trinajstić information content (AvgIpc) is 3.81. The highest BCUT2D eigenvalue weighted by Crippen LogP contribution is 2.39. The Kier molecular flexibility index (Phi) is 8.59. The first-order valence-electron chi connectivity index (χ1n) is 22.2. The van der Waals surface area contributed by atoms with Crippen molar-refractivity contribution in [2.45, 2.75) is 6.17 Å². The molecule has 13 rings (SSSR count). The van der Waals surface area contributed by atoms with E-state index >= 15 is 0 Å². The van der Waals surface area contributed by atoms with Crippen LogP contribution in [-0.2, 0) is 0 Å². The summed E-state index contributed by atoms with van der Waals surface area (Å²) in [7, 11) is 0. The molecule has 2 aliphatic rings. The highest BCUT2D eigenvalue weighted by Gasteiger charge is 2.26. The highest BCUT2D eigenvalue weighted by atomic mass is 16.3. The molecule has 2 atom stereocenters. The van der Waals surface area contributed by atoms with Crippen LogP contribution in [0.4, 0.5) is 0 Å². The van der Waals surface area contributed by atoms with E-state index in [4.69, 9.17) is 14.4 Å². The van der Waals surface area contributed by atoms with E-state index < -0.39 is 0 Å². The molecule has 11 aromatic rings. The Morgan fingerprint density at radius 1 is 0.462 bits per heavy atom. The number of furan rings is 1. The standard InChI is InChI=1S/C60H40N4O/c1-3-11-38(12-4-1)45-24-30-54-52(35-45)53-36-46(39-13-5-2-6-14-39)25-31-55(53)64(54)49-27-29-51-50-28-23-42(26-32-56(50)65-57(51)37-49)58-61-59(47-21-19-40-15-7-9-17-43(40)33-47)63-60(62-58)48-22-20-41-16-8-10-18-44(41)34-48/h1-37,42,59H,(H,61,62,63). The zero-order chi connectivity index (χ0) is 42.8. The van der Waals surface area contributed by atoms with Crippen molar-refractivity contribution in [1.29, 1.82) is 0 Å². The van der Waals surface area contributed by atoms with Gasteiger partial charge in [-0.05, 0) is 104 Å². The number of hydrogen-bond donors (Lipinski definition) is 1. The van der Waals surface area contributed by atoms with Crippen LogP contribution in [0.5, 0.6) is 0 Å². The van der Waals surface area contributed by atoms with E-state index in [0.717, 1.165) is 61.4 Å². The van der Waals surface area contributed by atoms with Crippen LogP contribution < -0.4 is 5.32 Å². The van der Waals surface area contributed by atoms with Crippen LogP contribution in [0.25, 0.3) is 94.4 Å². The van der Waals surface area contributed by atoms with Gasteiger partial charge in [0.25, 0.3) is 0 Å². The molecule has 306 valence electrons. The maximum atomic E-state index is 6.75. The van der Waals surface area contributed by atoms with Gasteiger partial charge in [0.1, 0.15) is 23.3 Å². The number of nitrogens with one attached hydrogen (secondary N) is 1. The summed E-state index contributed by atoms with van der Waals surface area (Å²) in [5, 5.41) is 11.9. The molecule has 0 bridgehead atoms. The summed E-state index contributed by atoms with van der Waals surface area (Å²) in [6.45, 7) is 0. The average molecular weight is 833 g/mol. The molecular weight excluding hydrogens is 793 g/mol. The van der Waals surface area contributed by atoms with Crippen molar-refractivity contribution in [1.82, 2.24) is 9.88 Å². The van der Waals surface area contributed by atoms with Crippen molar-refractivity contribution in [3.63, 3.8) is 0 Å². The maximum Gasteiger partial charge on any atom is 0.159 e. The van der Waals surface area contributed by atoms with Crippen molar-refractivity contribution < 1.29 is 4.42 Å². The van der Waals surface area contributed by atoms with Crippen molar-refractivity contribution in [2.75, 3.05) is 0 Å². The lowest BCUT2D eigenvalue weighted by Crippen LogP contribution is -2.36. The third-order valence-corrected chi connectivity index (χ3v) is 13.1. The van der Waals surface area contributed by atoms with Gasteiger partial charge in [0.2, 0.25) is 0 Å². The Bertz CT molecular complexity index is 3720. The minimum atomic E-state index is -0.315. The largest absolute Gasteiger partial charge is 0.456 e. The smallest absolute Gasteiger partial charge is 0.159 e. The molecule has 5 nitrogen and oxygen atoms in total. The molecule has 9 aromatic carbocycles. The van der Waals surface area contributed by atoms with E-state index in [1.807, 2.05) is 0 Å². The minimum absolute atomic E-state index is 0.139. The SMILES string of the molecule is C1=CC(C2=NC(c3ccc4ccccc4c3)=NC(c3ccc4ccccc4c3)N2)C=Cc2c1oc1cc(-n3c4ccc(-c5ccccc5)cc4c4cc(-c5ccccc5)ccc43)ccc21. The van der Waals surface area contributed by atoms with Gasteiger partial charge in [-0.1, -0.05) is 164 Å². The second-order valence-electron chi connectivity index (χ2n) is 17.0. The lowest BCUT2D eigenvalue weighted by Gasteiger charge is -2.26. The van der Waals surface area contributed by atoms with Gasteiger partial charge in [-0.15, -0.1) is 0 Å². The van der Waals surface area contributed by atoms with E-state index in [0.29, 0.717) is 5.84 Å². The Hall–Kier alpha value is -8.54. The number of rotatable bonds is 6. The van der Waals surface area contributed by atoms with Crippen LogP contribution in [0.2, 0.25) is 0 Å². The molecule has 0 spiro atoms. The zero-order valence-electron chi connectivity index (χ0n) is 35.3. The number of aromatic nitrogens is 1. The summed E-state index contributed by atoms with van der Waals surface area (Å²) in [5.41, 5.74) is 12.1. The van der Waals surface area contributed by atoms with Crippen molar-refractivity contribution in [3.8, 4) is 27.9 Å². The lowest BCUT2D eigenvalue weighted by atomic mass is 10.0. The molecular formula is C60H40N4O. The number of hydrogen-bond acceptors (Lipinski definition) is 4. The molecule has 1 N–H and O–H groups in total. The van der Waals surface area contributed by atoms with Gasteiger partial charge < -0.3 is 14.3 Å². The minimum Gasteiger partial charge on any atom is -0.456 e. The summed E-state index contributed by atoms with van der Waals surface area (Å²) in [4.78, 5) is 10.5. The number of aliphatic imine (C=N–C) groups is 2. The fourth-order valence-electron chi connectivity index (χ4n) is 9.76. The van der Waals surface area contributed by atoms with E-state index in [1.54, 1.807) is 0 Å². The summed E-state index contributed by atoms with van der Waals surface area (Å²) < 4.78 is 9.12. The number of benzene rings is 9. The summed E-state index contributed by atoms with van der Waals surface area (Å²) in [6.07, 6.45) is 8.38. The van der Waals surface area contributed by atoms with Crippen molar-refractivity contribution in [2.24, 2.45) is 15.9 Å². The van der Waals surface area contributed by atoms with Crippen molar-refractivity contribution in [3.05, 3.63) is 235 Å². The number of nitrogens with zero attached hydrogens (tertiary/aromatic N) is 3. The summed E-state index contributed by atoms with van der Waals surface area (Å²) in [6, 6.07) is 71.4. The van der Waals surface area contributed by atoms with Crippen molar-refractivity contribution >= 4 is 78.1 Å². The Morgan fingerprint density at radius 3 is 1.75 bits per heavy atom. The third kappa shape index (κ3) is 6.47. The molecule has 0 saturated carbocycles. The zero-order valence-corrected chi connectivity index (χ0v) is 35.3. The highest BCUT2D eigenvalue weighted by molar-refractivity contribution is 6.13. The van der Waals surface area contributed by atoms with Gasteiger partial charge in [0.15, 0.2) is 5.84 Å². The van der Waals surface area contributed by atoms with Gasteiger partial charge in [-0.2, -0.15) is 0 Å². The molecule has 65 heavy (non-hydrogen) atoms. The lowest BCUT2D eigenvalue weighted by molar-refractivity contribution is 0.603. The monoisotopic (exact) mass is 832 g/mol. The molecule has 2 unspecified atom stereocenters. The van der Waals surface area contributed by atoms with Crippen LogP contribution in [0.1, 0.15) is 28.6 Å². The van der Waals surface area contributed by atoms with Crippen LogP contribution in [0.15, 0.2) is 227 Å². The second-order valence-corrected chi connectivity index (χ2v) is 17.0. The molecule has 1 aliphatic carbocycles. The molecule has 5 heteroatoms. The predicted octanol–water partition coefficient (Wildman–Crippen LogP) is 15.0. The maximum absolute atomic E-state index is 6.75. The summed E-state index contributed by atoms with van der Waals surface area (Å²) >= 11 is 0. The first-order chi connectivity index (χ1) is 32.2. The molecule has 3 heterocycles. The van der Waals surface area contributed by atoms with Crippen LogP contribution in [-0.4, -0.2) is 16.2 Å². The molecule has 0 radical (unpaired) electrons. The molecule has 2 aromatic heterocycles. The summed E-state index contributed by atoms with van der Waals surface area (Å²) in [5.74, 6) is 2.23. The second kappa shape index (κ2) is 15.1. The first-order valence-corrected chi connectivity index (χ1v) is 22.2. The van der Waals surface area contributed by atoms with Gasteiger partial charge in [-0.3, -0.25) is 0 Å². The number of amidine groups is 2. The molecule has 0 fully saturated rings. The van der Waals surface area contributed by atoms with Gasteiger partial charge in [0, 0.05) is 39.0 Å². The van der Waals surface area contributed by atoms with Crippen LogP contribution in [0, 0.1) is 5.92 Å². The Balaban J connectivity index is 0.873. The van der Waals surface area contributed by atoms with E-state index in [1.165, 1.54) is 49.2 Å². The third-order valence-electron chi connectivity index (χ3n) is 13.1. The van der Waals surface area contributed by atoms with E-state index in [-0.39, 0.29) is 12.1 Å². The normalized spacial score (nSPS) is 15.9. The molecule has 0 amide bonds. The number of fused-ring (bicyclic) bond motifs is 8. The van der Waals surface area contributed by atoms with Gasteiger partial charge >= 0.3 is 0 Å². The quantitative estimate of drug-likeness (QED) is 0.181. The fourth-order valence-corrected chi connectivity index (χ4v) is 9.76. The fraction of sp³-hybridized carbons (Fsp3) is 0.0333. The Labute approximate surface area is 375 Å². The van der Waals surface area contributed by atoms with Crippen LogP contribution in [0.3, 0.4) is 0 Å². The first kappa shape index (κ1) is 37.1.